The van der Waals surface area contributed by atoms with Gasteiger partial charge in [-0.25, -0.2) is 0 Å². The fraction of sp³-hybridized carbons (Fsp3) is 0.818. The molecule has 19 heavy (non-hydrogen) atoms. The molecule has 0 bridgehead atoms. The van der Waals surface area contributed by atoms with Gasteiger partial charge < -0.3 is 16.0 Å². The van der Waals surface area contributed by atoms with Crippen LogP contribution in [0.5, 0.6) is 0 Å². The van der Waals surface area contributed by atoms with Crippen molar-refractivity contribution in [2.75, 3.05) is 13.1 Å². The molecule has 2 heterocycles. The van der Waals surface area contributed by atoms with E-state index in [0.29, 0.717) is 19.5 Å². The lowest BCUT2D eigenvalue weighted by Crippen LogP contribution is -2.54. The van der Waals surface area contributed by atoms with Gasteiger partial charge in [-0.05, 0) is 19.3 Å². The minimum absolute atomic E-state index is 0.0689. The Morgan fingerprint density at radius 3 is 2.47 bits per heavy atom. The summed E-state index contributed by atoms with van der Waals surface area (Å²) in [5.74, 6) is -2.26. The molecular formula is C11H16F3N3O2. The SMILES string of the molecule is N[C@@H]1CCN(C(=O)[C@H]2CC[C@H](C(F)(F)F)NC2=O)C1. The summed E-state index contributed by atoms with van der Waals surface area (Å²) in [7, 11) is 0. The van der Waals surface area contributed by atoms with Crippen LogP contribution >= 0.6 is 0 Å². The van der Waals surface area contributed by atoms with Crippen molar-refractivity contribution in [3.05, 3.63) is 0 Å². The van der Waals surface area contributed by atoms with Crippen molar-refractivity contribution in [2.45, 2.75) is 37.5 Å². The van der Waals surface area contributed by atoms with Crippen LogP contribution in [0.25, 0.3) is 0 Å². The number of rotatable bonds is 1. The Kier molecular flexibility index (Phi) is 3.71. The molecule has 0 saturated carbocycles. The fourth-order valence-corrected chi connectivity index (χ4v) is 2.50. The van der Waals surface area contributed by atoms with Crippen molar-refractivity contribution in [3.63, 3.8) is 0 Å². The van der Waals surface area contributed by atoms with E-state index in [1.165, 1.54) is 4.90 Å². The van der Waals surface area contributed by atoms with Crippen LogP contribution in [0.4, 0.5) is 13.2 Å². The Labute approximate surface area is 108 Å². The maximum atomic E-state index is 12.5. The first-order valence-corrected chi connectivity index (χ1v) is 6.20. The molecule has 0 aliphatic carbocycles. The number of amides is 2. The van der Waals surface area contributed by atoms with E-state index in [0.717, 1.165) is 0 Å². The van der Waals surface area contributed by atoms with Crippen molar-refractivity contribution in [2.24, 2.45) is 11.7 Å². The van der Waals surface area contributed by atoms with E-state index in [2.05, 4.69) is 0 Å². The van der Waals surface area contributed by atoms with Gasteiger partial charge in [-0.15, -0.1) is 0 Å². The number of halogens is 3. The molecule has 0 aromatic heterocycles. The molecule has 2 saturated heterocycles. The van der Waals surface area contributed by atoms with Crippen LogP contribution in [0.2, 0.25) is 0 Å². The molecule has 2 rings (SSSR count). The molecule has 0 radical (unpaired) electrons. The molecule has 2 aliphatic rings. The highest BCUT2D eigenvalue weighted by Crippen LogP contribution is 2.29. The lowest BCUT2D eigenvalue weighted by atomic mass is 9.92. The normalized spacial score (nSPS) is 32.3. The lowest BCUT2D eigenvalue weighted by molar-refractivity contribution is -0.172. The second-order valence-electron chi connectivity index (χ2n) is 5.07. The average molecular weight is 279 g/mol. The summed E-state index contributed by atoms with van der Waals surface area (Å²) < 4.78 is 37.4. The molecule has 3 N–H and O–H groups in total. The van der Waals surface area contributed by atoms with Crippen LogP contribution in [0, 0.1) is 5.92 Å². The number of nitrogens with zero attached hydrogens (tertiary/aromatic N) is 1. The van der Waals surface area contributed by atoms with E-state index < -0.39 is 30.0 Å². The van der Waals surface area contributed by atoms with Gasteiger partial charge in [-0.3, -0.25) is 9.59 Å². The van der Waals surface area contributed by atoms with Gasteiger partial charge in [0.25, 0.3) is 0 Å². The minimum atomic E-state index is -4.46. The zero-order valence-corrected chi connectivity index (χ0v) is 10.2. The number of carbonyl (C=O) groups excluding carboxylic acids is 2. The maximum absolute atomic E-state index is 12.5. The van der Waals surface area contributed by atoms with E-state index in [4.69, 9.17) is 5.73 Å². The van der Waals surface area contributed by atoms with Gasteiger partial charge in [0.05, 0.1) is 0 Å². The molecule has 2 fully saturated rings. The molecule has 108 valence electrons. The van der Waals surface area contributed by atoms with E-state index in [9.17, 15) is 22.8 Å². The molecular weight excluding hydrogens is 263 g/mol. The topological polar surface area (TPSA) is 75.4 Å². The molecule has 2 aliphatic heterocycles. The zero-order chi connectivity index (χ0) is 14.2. The van der Waals surface area contributed by atoms with Crippen molar-refractivity contribution >= 4 is 11.8 Å². The summed E-state index contributed by atoms with van der Waals surface area (Å²) in [5.41, 5.74) is 5.66. The summed E-state index contributed by atoms with van der Waals surface area (Å²) in [6.07, 6.45) is -4.13. The molecule has 0 spiro atoms. The highest BCUT2D eigenvalue weighted by Gasteiger charge is 2.46. The number of piperidine rings is 1. The van der Waals surface area contributed by atoms with Gasteiger partial charge >= 0.3 is 6.18 Å². The second-order valence-corrected chi connectivity index (χ2v) is 5.07. The van der Waals surface area contributed by atoms with E-state index in [1.807, 2.05) is 5.32 Å². The third kappa shape index (κ3) is 2.99. The van der Waals surface area contributed by atoms with Gasteiger partial charge in [0.1, 0.15) is 12.0 Å². The Morgan fingerprint density at radius 1 is 1.32 bits per heavy atom. The first-order chi connectivity index (χ1) is 8.79. The number of nitrogens with two attached hydrogens (primary N) is 1. The number of carbonyl (C=O) groups is 2. The predicted octanol–water partition coefficient (Wildman–Crippen LogP) is 0.00310. The Bertz CT molecular complexity index is 386. The first-order valence-electron chi connectivity index (χ1n) is 6.20. The first kappa shape index (κ1) is 14.1. The van der Waals surface area contributed by atoms with Crippen molar-refractivity contribution in [1.82, 2.24) is 10.2 Å². The lowest BCUT2D eigenvalue weighted by Gasteiger charge is -2.31. The van der Waals surface area contributed by atoms with E-state index in [-0.39, 0.29) is 18.9 Å². The number of nitrogens with one attached hydrogen (secondary N) is 1. The van der Waals surface area contributed by atoms with Gasteiger partial charge in [-0.2, -0.15) is 13.2 Å². The number of likely N-dealkylation sites (tertiary alicyclic amines) is 1. The Balaban J connectivity index is 1.96. The minimum Gasteiger partial charge on any atom is -0.344 e. The molecule has 3 atom stereocenters. The van der Waals surface area contributed by atoms with Crippen molar-refractivity contribution < 1.29 is 22.8 Å². The molecule has 0 unspecified atom stereocenters. The quantitative estimate of drug-likeness (QED) is 0.664. The Morgan fingerprint density at radius 2 is 2.00 bits per heavy atom. The van der Waals surface area contributed by atoms with Crippen LogP contribution in [-0.2, 0) is 9.59 Å². The summed E-state index contributed by atoms with van der Waals surface area (Å²) in [6.45, 7) is 0.831. The van der Waals surface area contributed by atoms with Gasteiger partial charge in [0, 0.05) is 19.1 Å². The van der Waals surface area contributed by atoms with Crippen molar-refractivity contribution in [3.8, 4) is 0 Å². The second kappa shape index (κ2) is 4.99. The predicted molar refractivity (Wildman–Crippen MR) is 59.9 cm³/mol. The summed E-state index contributed by atoms with van der Waals surface area (Å²) in [4.78, 5) is 25.1. The van der Waals surface area contributed by atoms with Crippen LogP contribution < -0.4 is 11.1 Å². The number of hydrogen-bond acceptors (Lipinski definition) is 3. The van der Waals surface area contributed by atoms with Gasteiger partial charge in [0.2, 0.25) is 11.8 Å². The third-order valence-electron chi connectivity index (χ3n) is 3.61. The third-order valence-corrected chi connectivity index (χ3v) is 3.61. The summed E-state index contributed by atoms with van der Waals surface area (Å²) in [5, 5.41) is 1.88. The molecule has 0 aromatic rings. The van der Waals surface area contributed by atoms with Crippen LogP contribution in [0.1, 0.15) is 19.3 Å². The molecule has 2 amide bonds. The highest BCUT2D eigenvalue weighted by atomic mass is 19.4. The molecule has 5 nitrogen and oxygen atoms in total. The molecule has 8 heteroatoms. The smallest absolute Gasteiger partial charge is 0.344 e. The number of alkyl halides is 3. The van der Waals surface area contributed by atoms with E-state index in [1.54, 1.807) is 0 Å². The van der Waals surface area contributed by atoms with Gasteiger partial charge in [0.15, 0.2) is 0 Å². The molecule has 0 aromatic carbocycles. The standard InChI is InChI=1S/C11H16F3N3O2/c12-11(13,14)8-2-1-7(9(18)16-8)10(19)17-4-3-6(15)5-17/h6-8H,1-5,15H2,(H,16,18)/t6-,7+,8-/m1/s1. The highest BCUT2D eigenvalue weighted by molar-refractivity contribution is 6.01. The van der Waals surface area contributed by atoms with E-state index >= 15 is 0 Å². The summed E-state index contributed by atoms with van der Waals surface area (Å²) >= 11 is 0. The fourth-order valence-electron chi connectivity index (χ4n) is 2.50. The number of hydrogen-bond donors (Lipinski definition) is 2. The monoisotopic (exact) mass is 279 g/mol. The Hall–Kier alpha value is -1.31. The maximum Gasteiger partial charge on any atom is 0.408 e. The largest absolute Gasteiger partial charge is 0.408 e. The van der Waals surface area contributed by atoms with Crippen molar-refractivity contribution in [1.29, 1.82) is 0 Å². The van der Waals surface area contributed by atoms with Gasteiger partial charge in [-0.1, -0.05) is 0 Å². The van der Waals surface area contributed by atoms with Crippen LogP contribution in [-0.4, -0.2) is 48.1 Å². The average Bonchev–Trinajstić information content (AvgIpc) is 2.73. The summed E-state index contributed by atoms with van der Waals surface area (Å²) in [6, 6.07) is -1.96. The van der Waals surface area contributed by atoms with Crippen LogP contribution in [0.3, 0.4) is 0 Å². The van der Waals surface area contributed by atoms with Crippen LogP contribution in [0.15, 0.2) is 0 Å². The zero-order valence-electron chi connectivity index (χ0n) is 10.2.